The lowest BCUT2D eigenvalue weighted by atomic mass is 10.1. The largest absolute Gasteiger partial charge is 0.339 e. The highest BCUT2D eigenvalue weighted by Crippen LogP contribution is 2.15. The molecule has 2 saturated heterocycles. The van der Waals surface area contributed by atoms with Crippen LogP contribution in [0.15, 0.2) is 24.3 Å². The van der Waals surface area contributed by atoms with Gasteiger partial charge in [-0.1, -0.05) is 12.1 Å². The van der Waals surface area contributed by atoms with Gasteiger partial charge in [-0.3, -0.25) is 24.1 Å². The van der Waals surface area contributed by atoms with Crippen LogP contribution in [-0.2, 0) is 14.4 Å². The molecule has 1 aromatic rings. The van der Waals surface area contributed by atoms with Gasteiger partial charge >= 0.3 is 0 Å². The Labute approximate surface area is 156 Å². The van der Waals surface area contributed by atoms with Crippen molar-refractivity contribution in [2.24, 2.45) is 0 Å². The summed E-state index contributed by atoms with van der Waals surface area (Å²) >= 11 is 0. The minimum atomic E-state index is -0.549. The Morgan fingerprint density at radius 1 is 0.926 bits per heavy atom. The molecule has 27 heavy (non-hydrogen) atoms. The van der Waals surface area contributed by atoms with Crippen LogP contribution >= 0.6 is 0 Å². The molecule has 0 atom stereocenters. The van der Waals surface area contributed by atoms with Crippen LogP contribution in [0.5, 0.6) is 0 Å². The fourth-order valence-corrected chi connectivity index (χ4v) is 3.38. The first kappa shape index (κ1) is 19.0. The Bertz CT molecular complexity index is 743. The highest BCUT2D eigenvalue weighted by atomic mass is 19.1. The molecule has 2 heterocycles. The van der Waals surface area contributed by atoms with Gasteiger partial charge in [-0.2, -0.15) is 0 Å². The van der Waals surface area contributed by atoms with Crippen molar-refractivity contribution in [2.45, 2.75) is 25.7 Å². The first-order chi connectivity index (χ1) is 13.0. The van der Waals surface area contributed by atoms with Gasteiger partial charge < -0.3 is 9.80 Å². The Kier molecular flexibility index (Phi) is 5.83. The first-order valence-corrected chi connectivity index (χ1v) is 9.12. The highest BCUT2D eigenvalue weighted by molar-refractivity contribution is 6.01. The fourth-order valence-electron chi connectivity index (χ4n) is 3.38. The third-order valence-corrected chi connectivity index (χ3v) is 4.95. The number of amides is 4. The van der Waals surface area contributed by atoms with Gasteiger partial charge in [0.25, 0.3) is 5.91 Å². The average Bonchev–Trinajstić information content (AvgIpc) is 3.00. The van der Waals surface area contributed by atoms with Crippen molar-refractivity contribution in [1.29, 1.82) is 0 Å². The third kappa shape index (κ3) is 4.32. The molecule has 144 valence electrons. The van der Waals surface area contributed by atoms with Gasteiger partial charge in [-0.05, 0) is 18.6 Å². The molecule has 0 saturated carbocycles. The number of nitrogens with zero attached hydrogens (tertiary/aromatic N) is 3. The van der Waals surface area contributed by atoms with Gasteiger partial charge in [0.1, 0.15) is 5.82 Å². The van der Waals surface area contributed by atoms with E-state index >= 15 is 0 Å². The second-order valence-electron chi connectivity index (χ2n) is 6.70. The number of hydrogen-bond donors (Lipinski definition) is 0. The number of likely N-dealkylation sites (tertiary alicyclic amines) is 1. The van der Waals surface area contributed by atoms with Crippen LogP contribution < -0.4 is 0 Å². The maximum Gasteiger partial charge on any atom is 0.256 e. The number of piperazine rings is 1. The zero-order valence-corrected chi connectivity index (χ0v) is 15.0. The number of hydrogen-bond acceptors (Lipinski definition) is 4. The lowest BCUT2D eigenvalue weighted by Gasteiger charge is -2.35. The number of carbonyl (C=O) groups is 4. The zero-order valence-electron chi connectivity index (χ0n) is 15.0. The molecule has 0 aromatic heterocycles. The summed E-state index contributed by atoms with van der Waals surface area (Å²) in [6.07, 6.45) is 1.19. The number of imide groups is 1. The molecule has 3 rings (SSSR count). The molecule has 2 fully saturated rings. The van der Waals surface area contributed by atoms with E-state index in [9.17, 15) is 23.6 Å². The summed E-state index contributed by atoms with van der Waals surface area (Å²) in [5.41, 5.74) is 0.0391. The fraction of sp³-hybridized carbons (Fsp3) is 0.474. The SMILES string of the molecule is O=C(CCCN1C(=O)CCC1=O)N1CCN(C(=O)c2ccccc2F)CC1. The number of halogens is 1. The van der Waals surface area contributed by atoms with E-state index in [2.05, 4.69) is 0 Å². The second-order valence-corrected chi connectivity index (χ2v) is 6.70. The van der Waals surface area contributed by atoms with Crippen LogP contribution in [0, 0.1) is 5.82 Å². The quantitative estimate of drug-likeness (QED) is 0.721. The summed E-state index contributed by atoms with van der Waals surface area (Å²) in [4.78, 5) is 52.2. The molecule has 0 unspecified atom stereocenters. The van der Waals surface area contributed by atoms with E-state index in [0.717, 1.165) is 0 Å². The monoisotopic (exact) mass is 375 g/mol. The first-order valence-electron chi connectivity index (χ1n) is 9.12. The highest BCUT2D eigenvalue weighted by Gasteiger charge is 2.29. The van der Waals surface area contributed by atoms with Crippen molar-refractivity contribution < 1.29 is 23.6 Å². The second kappa shape index (κ2) is 8.28. The van der Waals surface area contributed by atoms with Crippen molar-refractivity contribution in [3.05, 3.63) is 35.6 Å². The molecule has 7 nitrogen and oxygen atoms in total. The van der Waals surface area contributed by atoms with E-state index < -0.39 is 5.82 Å². The zero-order chi connectivity index (χ0) is 19.4. The Morgan fingerprint density at radius 3 is 2.15 bits per heavy atom. The lowest BCUT2D eigenvalue weighted by Crippen LogP contribution is -2.50. The van der Waals surface area contributed by atoms with Crippen molar-refractivity contribution >= 4 is 23.6 Å². The molecule has 0 N–H and O–H groups in total. The summed E-state index contributed by atoms with van der Waals surface area (Å²) in [7, 11) is 0. The average molecular weight is 375 g/mol. The number of rotatable bonds is 5. The normalized spacial score (nSPS) is 17.6. The Morgan fingerprint density at radius 2 is 1.52 bits per heavy atom. The molecular weight excluding hydrogens is 353 g/mol. The van der Waals surface area contributed by atoms with Crippen LogP contribution in [-0.4, -0.2) is 71.1 Å². The molecule has 0 aliphatic carbocycles. The summed E-state index contributed by atoms with van der Waals surface area (Å²) in [5, 5.41) is 0. The molecule has 0 radical (unpaired) electrons. The molecule has 2 aliphatic rings. The molecule has 4 amide bonds. The maximum atomic E-state index is 13.8. The molecule has 8 heteroatoms. The van der Waals surface area contributed by atoms with Crippen LogP contribution in [0.1, 0.15) is 36.0 Å². The van der Waals surface area contributed by atoms with Gasteiger partial charge in [0, 0.05) is 52.0 Å². The van der Waals surface area contributed by atoms with Crippen molar-refractivity contribution in [3.8, 4) is 0 Å². The van der Waals surface area contributed by atoms with Gasteiger partial charge in [0.2, 0.25) is 17.7 Å². The van der Waals surface area contributed by atoms with Gasteiger partial charge in [0.15, 0.2) is 0 Å². The summed E-state index contributed by atoms with van der Waals surface area (Å²) < 4.78 is 13.8. The van der Waals surface area contributed by atoms with Crippen LogP contribution in [0.2, 0.25) is 0 Å². The van der Waals surface area contributed by atoms with E-state index in [0.29, 0.717) is 32.6 Å². The summed E-state index contributed by atoms with van der Waals surface area (Å²) in [6, 6.07) is 5.86. The number of carbonyl (C=O) groups excluding carboxylic acids is 4. The predicted molar refractivity (Wildman–Crippen MR) is 94.1 cm³/mol. The maximum absolute atomic E-state index is 13.8. The van der Waals surface area contributed by atoms with Crippen molar-refractivity contribution in [3.63, 3.8) is 0 Å². The van der Waals surface area contributed by atoms with Gasteiger partial charge in [-0.15, -0.1) is 0 Å². The Hall–Kier alpha value is -2.77. The summed E-state index contributed by atoms with van der Waals surface area (Å²) in [6.45, 7) is 1.75. The van der Waals surface area contributed by atoms with Gasteiger partial charge in [-0.25, -0.2) is 4.39 Å². The standard InChI is InChI=1S/C19H22FN3O4/c20-15-5-2-1-4-14(15)19(27)22-12-10-21(11-13-22)16(24)6-3-9-23-17(25)7-8-18(23)26/h1-2,4-5H,3,6-13H2. The van der Waals surface area contributed by atoms with E-state index in [-0.39, 0.29) is 55.0 Å². The smallest absolute Gasteiger partial charge is 0.256 e. The molecule has 1 aromatic carbocycles. The van der Waals surface area contributed by atoms with Crippen LogP contribution in [0.3, 0.4) is 0 Å². The van der Waals surface area contributed by atoms with Crippen molar-refractivity contribution in [2.75, 3.05) is 32.7 Å². The minimum Gasteiger partial charge on any atom is -0.339 e. The topological polar surface area (TPSA) is 78.0 Å². The molecular formula is C19H22FN3O4. The van der Waals surface area contributed by atoms with E-state index in [1.807, 2.05) is 0 Å². The van der Waals surface area contributed by atoms with E-state index in [1.165, 1.54) is 23.1 Å². The van der Waals surface area contributed by atoms with Crippen LogP contribution in [0.25, 0.3) is 0 Å². The van der Waals surface area contributed by atoms with Crippen LogP contribution in [0.4, 0.5) is 4.39 Å². The summed E-state index contributed by atoms with van der Waals surface area (Å²) in [5.74, 6) is -1.33. The van der Waals surface area contributed by atoms with E-state index in [1.54, 1.807) is 15.9 Å². The Balaban J connectivity index is 1.44. The minimum absolute atomic E-state index is 0.0391. The third-order valence-electron chi connectivity index (χ3n) is 4.95. The lowest BCUT2D eigenvalue weighted by molar-refractivity contribution is -0.139. The van der Waals surface area contributed by atoms with Crippen molar-refractivity contribution in [1.82, 2.24) is 14.7 Å². The van der Waals surface area contributed by atoms with E-state index in [4.69, 9.17) is 0 Å². The van der Waals surface area contributed by atoms with Gasteiger partial charge in [0.05, 0.1) is 5.56 Å². The molecule has 0 bridgehead atoms. The number of benzene rings is 1. The molecule has 0 spiro atoms. The molecule has 2 aliphatic heterocycles. The predicted octanol–water partition coefficient (Wildman–Crippen LogP) is 1.04.